The van der Waals surface area contributed by atoms with Crippen LogP contribution in [0.25, 0.3) is 0 Å². The van der Waals surface area contributed by atoms with Crippen LogP contribution in [0.3, 0.4) is 0 Å². The van der Waals surface area contributed by atoms with E-state index in [0.717, 1.165) is 23.7 Å². The fourth-order valence-corrected chi connectivity index (χ4v) is 12.1. The summed E-state index contributed by atoms with van der Waals surface area (Å²) >= 11 is 0. The SMILES string of the molecule is CC(C)C.CC(C)C.CC(C)C.CC(C)C.c1ccc2c(c1)CCCC21CC1.c1ccc2c(c1)CCCC21CC1.c1ccc2c(c1)CCCC21CCC1.c1ccc2c(c1)CCCC21CCCC1. The molecule has 4 aromatic carbocycles. The molecule has 0 aromatic heterocycles. The Morgan fingerprint density at radius 1 is 0.239 bits per heavy atom. The molecule has 0 bridgehead atoms. The molecular weight excluding hydrogens is 805 g/mol. The fraction of sp³-hybridized carbons (Fsp3) is 0.642. The first-order chi connectivity index (χ1) is 32.1. The lowest BCUT2D eigenvalue weighted by atomic mass is 9.58. The second-order valence-corrected chi connectivity index (χ2v) is 25.2. The average molecular weight is 908 g/mol. The Balaban J connectivity index is 0.000000151. The summed E-state index contributed by atoms with van der Waals surface area (Å²) in [5, 5.41) is 0. The number of aryl methyl sites for hydroxylation is 4. The van der Waals surface area contributed by atoms with E-state index in [1.165, 1.54) is 148 Å². The molecule has 0 saturated heterocycles. The first kappa shape index (κ1) is 54.8. The summed E-state index contributed by atoms with van der Waals surface area (Å²) in [6.45, 7) is 26.0. The van der Waals surface area contributed by atoms with Gasteiger partial charge in [-0.15, -0.1) is 0 Å². The lowest BCUT2D eigenvalue weighted by Crippen LogP contribution is -2.37. The highest BCUT2D eigenvalue weighted by Gasteiger charge is 2.47. The minimum atomic E-state index is 0.606. The number of hydrogen-bond acceptors (Lipinski definition) is 0. The van der Waals surface area contributed by atoms with E-state index < -0.39 is 0 Å². The first-order valence-corrected chi connectivity index (χ1v) is 28.4. The molecule has 4 spiro atoms. The van der Waals surface area contributed by atoms with Crippen LogP contribution in [0, 0.1) is 23.7 Å². The zero-order valence-corrected chi connectivity index (χ0v) is 45.8. The van der Waals surface area contributed by atoms with Crippen molar-refractivity contribution in [2.24, 2.45) is 23.7 Å². The van der Waals surface area contributed by atoms with E-state index in [1.807, 2.05) is 0 Å². The van der Waals surface area contributed by atoms with Crippen molar-refractivity contribution in [3.63, 3.8) is 0 Å². The molecule has 0 N–H and O–H groups in total. The summed E-state index contributed by atoms with van der Waals surface area (Å²) in [6, 6.07) is 36.3. The molecule has 8 aliphatic rings. The van der Waals surface area contributed by atoms with E-state index in [4.69, 9.17) is 0 Å². The van der Waals surface area contributed by atoms with Gasteiger partial charge < -0.3 is 0 Å². The van der Waals surface area contributed by atoms with Crippen molar-refractivity contribution < 1.29 is 0 Å². The maximum absolute atomic E-state index is 2.39. The third-order valence-corrected chi connectivity index (χ3v) is 15.3. The summed E-state index contributed by atoms with van der Waals surface area (Å²) < 4.78 is 0. The van der Waals surface area contributed by atoms with Gasteiger partial charge in [0, 0.05) is 0 Å². The normalized spacial score (nSPS) is 20.2. The highest BCUT2D eigenvalue weighted by molar-refractivity contribution is 5.42. The molecule has 370 valence electrons. The number of benzene rings is 4. The Kier molecular flexibility index (Phi) is 21.4. The van der Waals surface area contributed by atoms with Gasteiger partial charge in [0.2, 0.25) is 0 Å². The van der Waals surface area contributed by atoms with Gasteiger partial charge in [0.25, 0.3) is 0 Å². The second kappa shape index (κ2) is 26.2. The Morgan fingerprint density at radius 2 is 0.418 bits per heavy atom. The predicted octanol–water partition coefficient (Wildman–Crippen LogP) is 20.0. The average Bonchev–Trinajstić information content (AvgIpc) is 4.20. The Hall–Kier alpha value is -3.12. The van der Waals surface area contributed by atoms with E-state index in [-0.39, 0.29) is 0 Å². The molecule has 0 aliphatic heterocycles. The molecule has 4 aromatic rings. The van der Waals surface area contributed by atoms with Gasteiger partial charge in [0.1, 0.15) is 0 Å². The molecule has 0 amide bonds. The highest BCUT2D eigenvalue weighted by atomic mass is 14.5. The van der Waals surface area contributed by atoms with Gasteiger partial charge >= 0.3 is 0 Å². The Morgan fingerprint density at radius 3 is 0.612 bits per heavy atom. The third-order valence-electron chi connectivity index (χ3n) is 15.3. The zero-order valence-electron chi connectivity index (χ0n) is 45.8. The van der Waals surface area contributed by atoms with Crippen molar-refractivity contribution in [2.45, 2.75) is 252 Å². The minimum absolute atomic E-state index is 0.606. The van der Waals surface area contributed by atoms with Crippen LogP contribution in [0.15, 0.2) is 97.1 Å². The minimum Gasteiger partial charge on any atom is -0.0630 e. The predicted molar refractivity (Wildman–Crippen MR) is 297 cm³/mol. The molecule has 67 heavy (non-hydrogen) atoms. The third kappa shape index (κ3) is 16.2. The van der Waals surface area contributed by atoms with Crippen LogP contribution in [0.4, 0.5) is 0 Å². The van der Waals surface area contributed by atoms with E-state index >= 15 is 0 Å². The largest absolute Gasteiger partial charge is 0.0630 e. The number of hydrogen-bond donors (Lipinski definition) is 0. The number of rotatable bonds is 0. The Bertz CT molecular complexity index is 1900. The molecule has 4 fully saturated rings. The maximum atomic E-state index is 2.39. The summed E-state index contributed by atoms with van der Waals surface area (Å²) in [5.41, 5.74) is 15.8. The van der Waals surface area contributed by atoms with Crippen LogP contribution < -0.4 is 0 Å². The molecule has 12 rings (SSSR count). The van der Waals surface area contributed by atoms with Crippen molar-refractivity contribution in [3.05, 3.63) is 142 Å². The van der Waals surface area contributed by atoms with Gasteiger partial charge in [0.05, 0.1) is 0 Å². The van der Waals surface area contributed by atoms with Gasteiger partial charge in [-0.1, -0.05) is 199 Å². The molecule has 4 saturated carbocycles. The molecule has 0 heterocycles. The van der Waals surface area contributed by atoms with E-state index in [1.54, 1.807) is 44.5 Å². The molecular formula is C67H102. The zero-order chi connectivity index (χ0) is 48.5. The standard InChI is InChI=1S/C14H18.C13H16.2C12H14.4C4H10/c1-2-8-13-12(6-1)7-5-11-14(13)9-3-4-10-14;1-2-7-12-11(5-1)6-3-8-13(12)9-4-10-13;2*1-2-6-11-10(4-1)5-3-7-12(11)8-9-12;4*1-4(2)3/h1-2,6,8H,3-5,7,9-11H2;1-2,5,7H,3-4,6,8-10H2;2*1-2,4,6H,3,5,7-9H2;4*4H,1-3H3. The van der Waals surface area contributed by atoms with Gasteiger partial charge in [0.15, 0.2) is 0 Å². The monoisotopic (exact) mass is 907 g/mol. The molecule has 0 radical (unpaired) electrons. The van der Waals surface area contributed by atoms with Crippen LogP contribution in [0.5, 0.6) is 0 Å². The van der Waals surface area contributed by atoms with E-state index in [9.17, 15) is 0 Å². The second-order valence-electron chi connectivity index (χ2n) is 25.2. The van der Waals surface area contributed by atoms with Crippen molar-refractivity contribution >= 4 is 0 Å². The van der Waals surface area contributed by atoms with Gasteiger partial charge in [-0.3, -0.25) is 0 Å². The summed E-state index contributed by atoms with van der Waals surface area (Å²) in [5.74, 6) is 3.33. The molecule has 0 unspecified atom stereocenters. The van der Waals surface area contributed by atoms with Crippen molar-refractivity contribution in [3.8, 4) is 0 Å². The molecule has 0 atom stereocenters. The van der Waals surface area contributed by atoms with Crippen molar-refractivity contribution in [1.29, 1.82) is 0 Å². The van der Waals surface area contributed by atoms with Gasteiger partial charge in [-0.25, -0.2) is 0 Å². The fourth-order valence-electron chi connectivity index (χ4n) is 12.1. The summed E-state index contributed by atoms with van der Waals surface area (Å²) in [6.07, 6.45) is 32.7. The summed E-state index contributed by atoms with van der Waals surface area (Å²) in [7, 11) is 0. The lowest BCUT2D eigenvalue weighted by molar-refractivity contribution is 0.209. The molecule has 8 aliphatic carbocycles. The topological polar surface area (TPSA) is 0 Å². The van der Waals surface area contributed by atoms with Gasteiger partial charge in [-0.2, -0.15) is 0 Å². The number of fused-ring (bicyclic) bond motifs is 8. The van der Waals surface area contributed by atoms with E-state index in [2.05, 4.69) is 180 Å². The van der Waals surface area contributed by atoms with Gasteiger partial charge in [-0.05, 0) is 218 Å². The maximum Gasteiger partial charge on any atom is -0.00435 e. The van der Waals surface area contributed by atoms with Crippen LogP contribution in [0.1, 0.15) is 250 Å². The lowest BCUT2D eigenvalue weighted by Gasteiger charge is -2.46. The van der Waals surface area contributed by atoms with Crippen molar-refractivity contribution in [1.82, 2.24) is 0 Å². The molecule has 0 nitrogen and oxygen atoms in total. The van der Waals surface area contributed by atoms with Crippen LogP contribution in [0.2, 0.25) is 0 Å². The highest BCUT2D eigenvalue weighted by Crippen LogP contribution is 2.56. The Labute approximate surface area is 415 Å². The van der Waals surface area contributed by atoms with E-state index in [0.29, 0.717) is 21.7 Å². The quantitative estimate of drug-likeness (QED) is 0.165. The van der Waals surface area contributed by atoms with Crippen LogP contribution in [-0.2, 0) is 47.3 Å². The smallest absolute Gasteiger partial charge is 0.00435 e. The van der Waals surface area contributed by atoms with Crippen LogP contribution in [-0.4, -0.2) is 0 Å². The first-order valence-electron chi connectivity index (χ1n) is 28.4. The van der Waals surface area contributed by atoms with Crippen molar-refractivity contribution in [2.75, 3.05) is 0 Å². The molecule has 0 heteroatoms. The van der Waals surface area contributed by atoms with Crippen LogP contribution >= 0.6 is 0 Å². The summed E-state index contributed by atoms with van der Waals surface area (Å²) in [4.78, 5) is 0.